The molecule has 10 nitrogen and oxygen atoms in total. The summed E-state index contributed by atoms with van der Waals surface area (Å²) in [4.78, 5) is 40.3. The van der Waals surface area contributed by atoms with Crippen molar-refractivity contribution < 1.29 is 64.1 Å². The molecule has 0 spiro atoms. The summed E-state index contributed by atoms with van der Waals surface area (Å²) in [6.45, 7) is 12.3. The molecule has 0 aliphatic rings. The summed E-state index contributed by atoms with van der Waals surface area (Å²) >= 11 is 24.4. The van der Waals surface area contributed by atoms with Gasteiger partial charge in [-0.1, -0.05) is 140 Å². The zero-order valence-corrected chi connectivity index (χ0v) is 52.7. The van der Waals surface area contributed by atoms with Gasteiger partial charge in [0.15, 0.2) is 5.76 Å². The molecule has 0 heterocycles. The van der Waals surface area contributed by atoms with Crippen molar-refractivity contribution in [2.45, 2.75) is 75.9 Å². The number of Topliss-reactive ketones (excluding diaryl/α,β-unsaturated/α-hetero) is 1. The molecule has 0 amide bonds. The van der Waals surface area contributed by atoms with Crippen LogP contribution in [-0.4, -0.2) is 116 Å². The van der Waals surface area contributed by atoms with E-state index in [0.717, 1.165) is 36.5 Å². The molecule has 0 bridgehead atoms. The summed E-state index contributed by atoms with van der Waals surface area (Å²) in [7, 11) is 3.07. The van der Waals surface area contributed by atoms with Gasteiger partial charge in [-0.25, -0.2) is 4.79 Å². The van der Waals surface area contributed by atoms with Gasteiger partial charge in [-0.15, -0.1) is 0 Å². The Morgan fingerprint density at radius 2 is 0.871 bits per heavy atom. The van der Waals surface area contributed by atoms with E-state index < -0.39 is 67.1 Å². The van der Waals surface area contributed by atoms with Gasteiger partial charge in [0.1, 0.15) is 30.6 Å². The maximum atomic E-state index is 14.3. The van der Waals surface area contributed by atoms with E-state index in [1.165, 1.54) is 12.1 Å². The van der Waals surface area contributed by atoms with Gasteiger partial charge in [-0.3, -0.25) is 9.59 Å². The normalized spacial score (nSPS) is 12.8. The highest BCUT2D eigenvalue weighted by Gasteiger charge is 2.48. The molecule has 0 aliphatic carbocycles. The Morgan fingerprint density at radius 1 is 0.518 bits per heavy atom. The Labute approximate surface area is 515 Å². The second kappa shape index (κ2) is 31.5. The lowest BCUT2D eigenvalue weighted by Gasteiger charge is -2.38. The number of hydrogen-bond acceptors (Lipinski definition) is 10. The number of carbonyl (C=O) groups excluding carboxylic acids is 3. The molecule has 1 unspecified atom stereocenters. The van der Waals surface area contributed by atoms with Crippen molar-refractivity contribution in [3.8, 4) is 11.5 Å². The fourth-order valence-electron chi connectivity index (χ4n) is 8.59. The Bertz CT molecular complexity index is 3040. The Kier molecular flexibility index (Phi) is 25.9. The highest BCUT2D eigenvalue weighted by Crippen LogP contribution is 2.43. The fraction of sp³-hybridized carbons (Fsp3) is 0.359. The number of methoxy groups -OCH3 is 2. The fourth-order valence-corrected chi connectivity index (χ4v) is 10.1. The van der Waals surface area contributed by atoms with E-state index in [-0.39, 0.29) is 18.3 Å². The van der Waals surface area contributed by atoms with Crippen LogP contribution < -0.4 is 9.47 Å². The molecule has 6 aromatic rings. The smallest absolute Gasteiger partial charge is 0.450 e. The molecule has 21 heteroatoms. The number of likely N-dealkylation sites (N-methyl/N-ethyl adjacent to an activating group) is 2. The number of ether oxygens (including phenoxy) is 4. The number of benzene rings is 6. The number of allylic oxidation sites excluding steroid dienone is 1. The van der Waals surface area contributed by atoms with E-state index >= 15 is 0 Å². The molecule has 0 aromatic heterocycles. The van der Waals surface area contributed by atoms with E-state index in [4.69, 9.17) is 65.0 Å². The third-order valence-corrected chi connectivity index (χ3v) is 19.8. The molecule has 1 atom stereocenters. The number of esters is 2. The van der Waals surface area contributed by atoms with Crippen LogP contribution in [0, 0.1) is 5.92 Å². The maximum absolute atomic E-state index is 14.3. The van der Waals surface area contributed by atoms with E-state index in [1.807, 2.05) is 132 Å². The molecule has 0 fully saturated rings. The van der Waals surface area contributed by atoms with Crippen molar-refractivity contribution in [3.63, 3.8) is 0 Å². The first-order valence-corrected chi connectivity index (χ1v) is 31.4. The average molecular weight is 1280 g/mol. The Hall–Kier alpha value is -6.05. The summed E-state index contributed by atoms with van der Waals surface area (Å²) in [6.07, 6.45) is -10.7. The highest BCUT2D eigenvalue weighted by molar-refractivity contribution is 6.74. The largest absolute Gasteiger partial charge is 0.540 e. The molecule has 0 radical (unpaired) electrons. The molecule has 85 heavy (non-hydrogen) atoms. The number of hydrogen-bond donors (Lipinski definition) is 0. The zero-order valence-electron chi connectivity index (χ0n) is 48.7. The van der Waals surface area contributed by atoms with Crippen LogP contribution in [0.2, 0.25) is 38.2 Å². The van der Waals surface area contributed by atoms with Crippen LogP contribution >= 0.6 is 46.4 Å². The summed E-state index contributed by atoms with van der Waals surface area (Å²) in [6, 6.07) is 43.9. The second-order valence-corrected chi connectivity index (χ2v) is 28.3. The molecule has 0 aliphatic heterocycles. The van der Waals surface area contributed by atoms with Crippen molar-refractivity contribution in [1.29, 1.82) is 0 Å². The molecule has 458 valence electrons. The van der Waals surface area contributed by atoms with Gasteiger partial charge in [-0.05, 0) is 145 Å². The molecule has 0 N–H and O–H groups in total. The van der Waals surface area contributed by atoms with Crippen molar-refractivity contribution in [3.05, 3.63) is 210 Å². The number of carbonyl (C=O) groups is 3. The maximum Gasteiger partial charge on any atom is 0.450 e. The molecule has 0 saturated heterocycles. The Balaban J connectivity index is 0.000000315. The number of halogens is 10. The Morgan fingerprint density at radius 3 is 1.18 bits per heavy atom. The number of ketones is 1. The molecular weight excluding hydrogens is 1210 g/mol. The average Bonchev–Trinajstić information content (AvgIpc) is 2.86. The molecule has 0 saturated carbocycles. The third-order valence-electron chi connectivity index (χ3n) is 14.4. The predicted octanol–water partition coefficient (Wildman–Crippen LogP) is 16.3. The lowest BCUT2D eigenvalue weighted by molar-refractivity contribution is -0.180. The number of alkyl halides is 6. The lowest BCUT2D eigenvalue weighted by Crippen LogP contribution is -2.43. The number of nitrogens with zero attached hydrogens (tertiary/aromatic N) is 2. The van der Waals surface area contributed by atoms with E-state index in [0.29, 0.717) is 82.1 Å². The van der Waals surface area contributed by atoms with Gasteiger partial charge in [-0.2, -0.15) is 26.3 Å². The van der Waals surface area contributed by atoms with Crippen LogP contribution in [0.4, 0.5) is 26.3 Å². The first kappa shape index (κ1) is 69.7. The highest BCUT2D eigenvalue weighted by atomic mass is 35.5. The second-order valence-electron chi connectivity index (χ2n) is 21.8. The zero-order chi connectivity index (χ0) is 62.9. The monoisotopic (exact) mass is 1280 g/mol. The summed E-state index contributed by atoms with van der Waals surface area (Å²) in [5, 5.41) is 2.15. The van der Waals surface area contributed by atoms with Crippen molar-refractivity contribution in [1.82, 2.24) is 9.80 Å². The first-order chi connectivity index (χ1) is 39.9. The minimum atomic E-state index is -5.13. The number of rotatable bonds is 25. The van der Waals surface area contributed by atoms with Crippen LogP contribution in [0.5, 0.6) is 11.5 Å². The van der Waals surface area contributed by atoms with Gasteiger partial charge < -0.3 is 33.2 Å². The predicted molar refractivity (Wildman–Crippen MR) is 326 cm³/mol. The van der Waals surface area contributed by atoms with Crippen molar-refractivity contribution in [2.75, 3.05) is 67.7 Å². The van der Waals surface area contributed by atoms with E-state index in [9.17, 15) is 40.7 Å². The van der Waals surface area contributed by atoms with Gasteiger partial charge >= 0.3 is 24.3 Å². The van der Waals surface area contributed by atoms with Crippen molar-refractivity contribution in [2.24, 2.45) is 5.92 Å². The van der Waals surface area contributed by atoms with Gasteiger partial charge in [0.2, 0.25) is 8.32 Å². The van der Waals surface area contributed by atoms with Crippen LogP contribution in [0.15, 0.2) is 157 Å². The van der Waals surface area contributed by atoms with Crippen molar-refractivity contribution >= 4 is 72.4 Å². The van der Waals surface area contributed by atoms with Crippen LogP contribution in [0.1, 0.15) is 66.0 Å². The summed E-state index contributed by atoms with van der Waals surface area (Å²) < 4.78 is 108. The van der Waals surface area contributed by atoms with Gasteiger partial charge in [0, 0.05) is 64.5 Å². The van der Waals surface area contributed by atoms with Crippen LogP contribution in [0.25, 0.3) is 0 Å². The summed E-state index contributed by atoms with van der Waals surface area (Å²) in [5.41, 5.74) is 4.77. The van der Waals surface area contributed by atoms with E-state index in [2.05, 4.69) is 14.5 Å². The van der Waals surface area contributed by atoms with Gasteiger partial charge in [0.25, 0.3) is 5.78 Å². The first-order valence-electron chi connectivity index (χ1n) is 27.0. The van der Waals surface area contributed by atoms with E-state index in [1.54, 1.807) is 49.5 Å². The topological polar surface area (TPSA) is 104 Å². The van der Waals surface area contributed by atoms with Gasteiger partial charge in [0.05, 0.1) is 19.8 Å². The van der Waals surface area contributed by atoms with Crippen LogP contribution in [0.3, 0.4) is 0 Å². The summed E-state index contributed by atoms with van der Waals surface area (Å²) in [5.74, 6) is -6.45. The molecular formula is C64H70Cl4F6N2O8Si. The molecule has 6 rings (SSSR count). The third kappa shape index (κ3) is 21.7. The molecule has 6 aromatic carbocycles. The minimum Gasteiger partial charge on any atom is -0.540 e. The minimum absolute atomic E-state index is 0.0750. The lowest BCUT2D eigenvalue weighted by atomic mass is 9.91. The quantitative estimate of drug-likeness (QED) is 0.0137. The standard InChI is InChI=1S/C35H42Cl2F3NO4Si.C29H28Cl2F3NO4/c1-34(2,3)46(6,7)45-32(35(38,39)40)30(33(42)43-5)22-24-8-18-29(19-9-24)44-21-20-41(4)23-31(25-10-14-27(36)15-11-25)26-12-16-28(37)17-13-26;1-35(18-26(20-5-9-22(30)10-6-20)21-7-11-23(31)12-8-21)15-16-39-24-13-3-19(4-14-24)17-25(28(37)38-2)27(36)29(32,33)34/h8-19,31H,20-23H2,1-7H3;3-14,25-26H,15-18H2,1-2H3/b32-30+;. The SMILES string of the molecule is COC(=O)/C(Cc1ccc(OCCN(C)CC(c2ccc(Cl)cc2)c2ccc(Cl)cc2)cc1)=C(/O[Si](C)(C)C(C)(C)C)C(F)(F)F.COC(=O)C(Cc1ccc(OCCN(C)CC(c2ccc(Cl)cc2)c2ccc(Cl)cc2)cc1)C(=O)C(F)(F)F. The van der Waals surface area contributed by atoms with Crippen LogP contribution in [-0.2, 0) is 41.1 Å².